The van der Waals surface area contributed by atoms with Crippen LogP contribution in [-0.4, -0.2) is 29.4 Å². The first kappa shape index (κ1) is 22.7. The van der Waals surface area contributed by atoms with Crippen LogP contribution in [0.2, 0.25) is 0 Å². The third kappa shape index (κ3) is 6.20. The average Bonchev–Trinajstić information content (AvgIpc) is 2.75. The molecule has 2 atom stereocenters. The highest BCUT2D eigenvalue weighted by Gasteiger charge is 2.21. The van der Waals surface area contributed by atoms with Crippen LogP contribution in [0.4, 0.5) is 5.69 Å². The predicted molar refractivity (Wildman–Crippen MR) is 110 cm³/mol. The lowest BCUT2D eigenvalue weighted by Gasteiger charge is -2.17. The highest BCUT2D eigenvalue weighted by Crippen LogP contribution is 2.28. The Bertz CT molecular complexity index is 902. The molecule has 0 fully saturated rings. The number of hydrogen-bond donors (Lipinski definition) is 2. The molecular formula is C21H25N3O6. The van der Waals surface area contributed by atoms with E-state index in [-0.39, 0.29) is 24.0 Å². The molecule has 0 heterocycles. The van der Waals surface area contributed by atoms with Crippen molar-refractivity contribution >= 4 is 17.5 Å². The minimum Gasteiger partial charge on any atom is -0.483 e. The van der Waals surface area contributed by atoms with Crippen molar-refractivity contribution in [2.24, 2.45) is 0 Å². The number of carbonyl (C=O) groups is 2. The van der Waals surface area contributed by atoms with Crippen molar-refractivity contribution in [1.29, 1.82) is 0 Å². The fraction of sp³-hybridized carbons (Fsp3) is 0.333. The minimum absolute atomic E-state index is 0.0403. The van der Waals surface area contributed by atoms with Crippen LogP contribution in [0.1, 0.15) is 38.7 Å². The SMILES string of the molecule is CCC(C)c1ccccc1OCC(=O)NNC(=O)C(C)Oc1ccccc1[N+](=O)[O-]. The summed E-state index contributed by atoms with van der Waals surface area (Å²) in [5.41, 5.74) is 5.21. The van der Waals surface area contributed by atoms with Crippen LogP contribution >= 0.6 is 0 Å². The highest BCUT2D eigenvalue weighted by molar-refractivity contribution is 5.85. The Balaban J connectivity index is 1.85. The molecular weight excluding hydrogens is 390 g/mol. The first-order chi connectivity index (χ1) is 14.3. The van der Waals surface area contributed by atoms with Crippen molar-refractivity contribution in [2.75, 3.05) is 6.61 Å². The second-order valence-electron chi connectivity index (χ2n) is 6.66. The van der Waals surface area contributed by atoms with Crippen molar-refractivity contribution in [3.63, 3.8) is 0 Å². The quantitative estimate of drug-likeness (QED) is 0.480. The van der Waals surface area contributed by atoms with Crippen LogP contribution < -0.4 is 20.3 Å². The molecule has 2 N–H and O–H groups in total. The van der Waals surface area contributed by atoms with Gasteiger partial charge >= 0.3 is 5.69 Å². The molecule has 0 spiro atoms. The standard InChI is InChI=1S/C21H25N3O6/c1-4-14(2)16-9-5-7-11-18(16)29-13-20(25)22-23-21(26)15(3)30-19-12-8-6-10-17(19)24(27)28/h5-12,14-15H,4,13H2,1-3H3,(H,22,25)(H,23,26). The van der Waals surface area contributed by atoms with Gasteiger partial charge in [0.15, 0.2) is 18.5 Å². The summed E-state index contributed by atoms with van der Waals surface area (Å²) < 4.78 is 10.9. The summed E-state index contributed by atoms with van der Waals surface area (Å²) in [6.07, 6.45) is -0.140. The Morgan fingerprint density at radius 1 is 1.03 bits per heavy atom. The van der Waals surface area contributed by atoms with E-state index in [0.29, 0.717) is 5.75 Å². The van der Waals surface area contributed by atoms with Crippen LogP contribution in [0.3, 0.4) is 0 Å². The van der Waals surface area contributed by atoms with E-state index in [2.05, 4.69) is 24.7 Å². The van der Waals surface area contributed by atoms with Gasteiger partial charge in [0.2, 0.25) is 0 Å². The summed E-state index contributed by atoms with van der Waals surface area (Å²) in [5, 5.41) is 11.0. The zero-order valence-electron chi connectivity index (χ0n) is 17.1. The molecule has 0 saturated carbocycles. The molecule has 0 aliphatic carbocycles. The molecule has 2 aromatic rings. The molecule has 2 aromatic carbocycles. The number of nitro groups is 1. The molecule has 0 bridgehead atoms. The Kier molecular flexibility index (Phi) is 8.16. The van der Waals surface area contributed by atoms with Gasteiger partial charge in [-0.1, -0.05) is 44.2 Å². The van der Waals surface area contributed by atoms with Gasteiger partial charge in [0.25, 0.3) is 11.8 Å². The van der Waals surface area contributed by atoms with Crippen LogP contribution in [-0.2, 0) is 9.59 Å². The van der Waals surface area contributed by atoms with Crippen LogP contribution in [0.25, 0.3) is 0 Å². The van der Waals surface area contributed by atoms with E-state index < -0.39 is 22.8 Å². The second-order valence-corrected chi connectivity index (χ2v) is 6.66. The number of para-hydroxylation sites is 3. The minimum atomic E-state index is -1.07. The number of hydrogen-bond acceptors (Lipinski definition) is 6. The van der Waals surface area contributed by atoms with Crippen LogP contribution in [0.15, 0.2) is 48.5 Å². The van der Waals surface area contributed by atoms with Crippen molar-refractivity contribution in [3.8, 4) is 11.5 Å². The number of carbonyl (C=O) groups excluding carboxylic acids is 2. The number of ether oxygens (including phenoxy) is 2. The molecule has 0 aromatic heterocycles. The van der Waals surface area contributed by atoms with E-state index in [1.165, 1.54) is 25.1 Å². The van der Waals surface area contributed by atoms with E-state index in [1.807, 2.05) is 18.2 Å². The maximum atomic E-state index is 12.1. The number of hydrazine groups is 1. The first-order valence-electron chi connectivity index (χ1n) is 9.54. The molecule has 0 radical (unpaired) electrons. The van der Waals surface area contributed by atoms with E-state index in [0.717, 1.165) is 12.0 Å². The van der Waals surface area contributed by atoms with E-state index in [1.54, 1.807) is 12.1 Å². The number of rotatable bonds is 9. The molecule has 0 aliphatic rings. The topological polar surface area (TPSA) is 120 Å². The summed E-state index contributed by atoms with van der Waals surface area (Å²) in [4.78, 5) is 34.6. The Morgan fingerprint density at radius 2 is 1.67 bits per heavy atom. The van der Waals surface area contributed by atoms with Gasteiger partial charge in [0, 0.05) is 6.07 Å². The van der Waals surface area contributed by atoms with Gasteiger partial charge in [-0.05, 0) is 37.0 Å². The summed E-state index contributed by atoms with van der Waals surface area (Å²) in [5.74, 6) is -0.367. The Labute approximate surface area is 174 Å². The second kappa shape index (κ2) is 10.8. The molecule has 2 unspecified atom stereocenters. The molecule has 9 nitrogen and oxygen atoms in total. The maximum absolute atomic E-state index is 12.1. The molecule has 30 heavy (non-hydrogen) atoms. The molecule has 160 valence electrons. The molecule has 2 amide bonds. The number of benzene rings is 2. The van der Waals surface area contributed by atoms with Gasteiger partial charge in [-0.25, -0.2) is 0 Å². The summed E-state index contributed by atoms with van der Waals surface area (Å²) >= 11 is 0. The van der Waals surface area contributed by atoms with Crippen molar-refractivity contribution in [2.45, 2.75) is 39.2 Å². The normalized spacial score (nSPS) is 12.4. The van der Waals surface area contributed by atoms with E-state index in [4.69, 9.17) is 9.47 Å². The predicted octanol–water partition coefficient (Wildman–Crippen LogP) is 3.10. The van der Waals surface area contributed by atoms with Gasteiger partial charge in [0.1, 0.15) is 5.75 Å². The van der Waals surface area contributed by atoms with Crippen LogP contribution in [0.5, 0.6) is 11.5 Å². The fourth-order valence-corrected chi connectivity index (χ4v) is 2.60. The molecule has 2 rings (SSSR count). The highest BCUT2D eigenvalue weighted by atomic mass is 16.6. The van der Waals surface area contributed by atoms with Crippen molar-refractivity contribution in [3.05, 3.63) is 64.2 Å². The zero-order valence-corrected chi connectivity index (χ0v) is 17.1. The third-order valence-electron chi connectivity index (χ3n) is 4.48. The van der Waals surface area contributed by atoms with Gasteiger partial charge in [0.05, 0.1) is 4.92 Å². The summed E-state index contributed by atoms with van der Waals surface area (Å²) in [6.45, 7) is 5.27. The maximum Gasteiger partial charge on any atom is 0.310 e. The number of nitrogens with zero attached hydrogens (tertiary/aromatic N) is 1. The third-order valence-corrected chi connectivity index (χ3v) is 4.48. The Hall–Kier alpha value is -3.62. The number of amides is 2. The van der Waals surface area contributed by atoms with Gasteiger partial charge in [-0.15, -0.1) is 0 Å². The molecule has 0 saturated heterocycles. The lowest BCUT2D eigenvalue weighted by atomic mass is 9.98. The monoisotopic (exact) mass is 415 g/mol. The number of nitrogens with one attached hydrogen (secondary N) is 2. The van der Waals surface area contributed by atoms with Crippen LogP contribution in [0, 0.1) is 10.1 Å². The van der Waals surface area contributed by atoms with Crippen molar-refractivity contribution < 1.29 is 24.0 Å². The summed E-state index contributed by atoms with van der Waals surface area (Å²) in [7, 11) is 0. The zero-order chi connectivity index (χ0) is 22.1. The largest absolute Gasteiger partial charge is 0.483 e. The smallest absolute Gasteiger partial charge is 0.310 e. The first-order valence-corrected chi connectivity index (χ1v) is 9.54. The Morgan fingerprint density at radius 3 is 2.33 bits per heavy atom. The molecule has 0 aliphatic heterocycles. The van der Waals surface area contributed by atoms with Gasteiger partial charge in [-0.3, -0.25) is 30.6 Å². The van der Waals surface area contributed by atoms with Gasteiger partial charge < -0.3 is 9.47 Å². The lowest BCUT2D eigenvalue weighted by molar-refractivity contribution is -0.386. The van der Waals surface area contributed by atoms with E-state index >= 15 is 0 Å². The van der Waals surface area contributed by atoms with Gasteiger partial charge in [-0.2, -0.15) is 0 Å². The summed E-state index contributed by atoms with van der Waals surface area (Å²) in [6, 6.07) is 13.2. The number of nitro benzene ring substituents is 1. The fourth-order valence-electron chi connectivity index (χ4n) is 2.60. The lowest BCUT2D eigenvalue weighted by Crippen LogP contribution is -2.48. The molecule has 9 heteroatoms. The van der Waals surface area contributed by atoms with Crippen molar-refractivity contribution in [1.82, 2.24) is 10.9 Å². The van der Waals surface area contributed by atoms with E-state index in [9.17, 15) is 19.7 Å². The average molecular weight is 415 g/mol.